The second kappa shape index (κ2) is 13.8. The minimum Gasteiger partial charge on any atom is -0.462 e. The van der Waals surface area contributed by atoms with Crippen molar-refractivity contribution in [3.05, 3.63) is 11.6 Å². The molecule has 0 aliphatic heterocycles. The van der Waals surface area contributed by atoms with Crippen LogP contribution in [-0.2, 0) is 9.53 Å². The number of hydrogen-bond donors (Lipinski definition) is 0. The molecule has 8 atom stereocenters. The van der Waals surface area contributed by atoms with Gasteiger partial charge in [0.2, 0.25) is 0 Å². The number of ether oxygens (including phenoxy) is 1. The quantitative estimate of drug-likeness (QED) is 0.114. The first-order chi connectivity index (χ1) is 21.6. The fourth-order valence-corrected chi connectivity index (χ4v) is 12.9. The van der Waals surface area contributed by atoms with E-state index in [2.05, 4.69) is 68.4 Å². The van der Waals surface area contributed by atoms with Crippen molar-refractivity contribution in [3.8, 4) is 0 Å². The van der Waals surface area contributed by atoms with Gasteiger partial charge in [0.05, 0.1) is 0 Å². The van der Waals surface area contributed by atoms with Gasteiger partial charge in [-0.05, 0) is 115 Å². The Morgan fingerprint density at radius 2 is 1.33 bits per heavy atom. The zero-order valence-corrected chi connectivity index (χ0v) is 32.3. The van der Waals surface area contributed by atoms with Crippen molar-refractivity contribution in [2.24, 2.45) is 50.2 Å². The number of fused-ring (bicyclic) bond motifs is 7. The van der Waals surface area contributed by atoms with Gasteiger partial charge in [-0.1, -0.05) is 138 Å². The standard InChI is InChI=1S/C44H76O2/c1-10-11-12-13-14-15-16-17-18-19-20-21-38(45)46-37-25-26-42(7)35(40(37,4)5)24-27-44(9)36(42)23-22-33-34-32-39(2,3)28-29-41(34,6)30-31-43(33,44)8/h22,34-37H,10-21,23-32H2,1-9H3/t34-,35-,36-,37+,41-,42+,43-,44-/m1/s1. The zero-order chi connectivity index (χ0) is 33.4. The van der Waals surface area contributed by atoms with E-state index < -0.39 is 0 Å². The third kappa shape index (κ3) is 6.70. The average Bonchev–Trinajstić information content (AvgIpc) is 2.98. The minimum atomic E-state index is 0.0323. The summed E-state index contributed by atoms with van der Waals surface area (Å²) < 4.78 is 6.40. The molecule has 5 rings (SSSR count). The predicted octanol–water partition coefficient (Wildman–Crippen LogP) is 13.4. The molecule has 0 heterocycles. The van der Waals surface area contributed by atoms with E-state index in [1.165, 1.54) is 122 Å². The number of carbonyl (C=O) groups is 1. The van der Waals surface area contributed by atoms with Crippen molar-refractivity contribution < 1.29 is 9.53 Å². The number of unbranched alkanes of at least 4 members (excludes halogenated alkanes) is 10. The highest BCUT2D eigenvalue weighted by atomic mass is 16.5. The molecule has 0 bridgehead atoms. The Kier molecular flexibility index (Phi) is 11.0. The maximum absolute atomic E-state index is 13.1. The molecule has 0 saturated heterocycles. The molecule has 46 heavy (non-hydrogen) atoms. The van der Waals surface area contributed by atoms with E-state index in [1.807, 2.05) is 5.57 Å². The van der Waals surface area contributed by atoms with E-state index >= 15 is 0 Å². The van der Waals surface area contributed by atoms with Crippen LogP contribution in [-0.4, -0.2) is 12.1 Å². The Morgan fingerprint density at radius 3 is 1.98 bits per heavy atom. The highest BCUT2D eigenvalue weighted by molar-refractivity contribution is 5.69. The van der Waals surface area contributed by atoms with Crippen LogP contribution in [0.2, 0.25) is 0 Å². The summed E-state index contributed by atoms with van der Waals surface area (Å²) in [6.07, 6.45) is 31.1. The van der Waals surface area contributed by atoms with E-state index in [0.29, 0.717) is 39.4 Å². The molecule has 4 fully saturated rings. The highest BCUT2D eigenvalue weighted by Gasteiger charge is 2.68. The summed E-state index contributed by atoms with van der Waals surface area (Å²) in [5.41, 5.74) is 3.88. The number of esters is 1. The van der Waals surface area contributed by atoms with Gasteiger partial charge in [0.25, 0.3) is 0 Å². The first-order valence-electron chi connectivity index (χ1n) is 20.5. The molecule has 0 amide bonds. The Labute approximate surface area is 286 Å². The van der Waals surface area contributed by atoms with Crippen LogP contribution in [0.25, 0.3) is 0 Å². The average molecular weight is 637 g/mol. The molecule has 5 aliphatic carbocycles. The molecule has 0 unspecified atom stereocenters. The smallest absolute Gasteiger partial charge is 0.306 e. The van der Waals surface area contributed by atoms with Crippen LogP contribution in [0.5, 0.6) is 0 Å². The van der Waals surface area contributed by atoms with Gasteiger partial charge < -0.3 is 4.74 Å². The van der Waals surface area contributed by atoms with Crippen LogP contribution >= 0.6 is 0 Å². The molecule has 0 N–H and O–H groups in total. The molecule has 0 radical (unpaired) electrons. The van der Waals surface area contributed by atoms with Gasteiger partial charge in [-0.2, -0.15) is 0 Å². The van der Waals surface area contributed by atoms with Gasteiger partial charge in [-0.25, -0.2) is 0 Å². The van der Waals surface area contributed by atoms with Gasteiger partial charge in [-0.3, -0.25) is 4.79 Å². The number of rotatable bonds is 13. The van der Waals surface area contributed by atoms with E-state index in [-0.39, 0.29) is 17.5 Å². The van der Waals surface area contributed by atoms with Crippen molar-refractivity contribution in [2.45, 2.75) is 210 Å². The molecule has 2 heteroatoms. The maximum Gasteiger partial charge on any atom is 0.306 e. The van der Waals surface area contributed by atoms with Gasteiger partial charge in [-0.15, -0.1) is 0 Å². The zero-order valence-electron chi connectivity index (χ0n) is 32.3. The summed E-state index contributed by atoms with van der Waals surface area (Å²) in [5.74, 6) is 2.18. The van der Waals surface area contributed by atoms with Crippen LogP contribution in [0.15, 0.2) is 11.6 Å². The number of hydrogen-bond acceptors (Lipinski definition) is 2. The largest absolute Gasteiger partial charge is 0.462 e. The van der Waals surface area contributed by atoms with E-state index in [0.717, 1.165) is 24.7 Å². The molecule has 4 saturated carbocycles. The van der Waals surface area contributed by atoms with Crippen LogP contribution in [0, 0.1) is 50.2 Å². The summed E-state index contributed by atoms with van der Waals surface area (Å²) in [7, 11) is 0. The monoisotopic (exact) mass is 637 g/mol. The lowest BCUT2D eigenvalue weighted by molar-refractivity contribution is -0.212. The van der Waals surface area contributed by atoms with Crippen molar-refractivity contribution in [3.63, 3.8) is 0 Å². The fourth-order valence-electron chi connectivity index (χ4n) is 12.9. The van der Waals surface area contributed by atoms with Crippen molar-refractivity contribution in [1.82, 2.24) is 0 Å². The predicted molar refractivity (Wildman–Crippen MR) is 196 cm³/mol. The maximum atomic E-state index is 13.1. The lowest BCUT2D eigenvalue weighted by atomic mass is 9.33. The Bertz CT molecular complexity index is 1080. The number of allylic oxidation sites excluding steroid dienone is 2. The molecule has 264 valence electrons. The van der Waals surface area contributed by atoms with Crippen molar-refractivity contribution >= 4 is 5.97 Å². The molecule has 0 aromatic heterocycles. The Morgan fingerprint density at radius 1 is 0.717 bits per heavy atom. The molecular weight excluding hydrogens is 560 g/mol. The van der Waals surface area contributed by atoms with Crippen LogP contribution < -0.4 is 0 Å². The first-order valence-corrected chi connectivity index (χ1v) is 20.5. The van der Waals surface area contributed by atoms with Crippen LogP contribution in [0.3, 0.4) is 0 Å². The van der Waals surface area contributed by atoms with Gasteiger partial charge in [0.15, 0.2) is 0 Å². The van der Waals surface area contributed by atoms with Gasteiger partial charge in [0, 0.05) is 11.8 Å². The van der Waals surface area contributed by atoms with Crippen LogP contribution in [0.4, 0.5) is 0 Å². The Hall–Kier alpha value is -0.790. The first kappa shape index (κ1) is 36.5. The van der Waals surface area contributed by atoms with E-state index in [1.54, 1.807) is 0 Å². The molecule has 2 nitrogen and oxygen atoms in total. The third-order valence-electron chi connectivity index (χ3n) is 16.3. The van der Waals surface area contributed by atoms with E-state index in [9.17, 15) is 4.79 Å². The lowest BCUT2D eigenvalue weighted by Crippen LogP contribution is -2.64. The third-order valence-corrected chi connectivity index (χ3v) is 16.3. The lowest BCUT2D eigenvalue weighted by Gasteiger charge is -2.71. The minimum absolute atomic E-state index is 0.0323. The van der Waals surface area contributed by atoms with Crippen molar-refractivity contribution in [2.75, 3.05) is 0 Å². The normalized spacial score (nSPS) is 40.9. The Balaban J connectivity index is 1.17. The van der Waals surface area contributed by atoms with E-state index in [4.69, 9.17) is 4.74 Å². The second-order valence-corrected chi connectivity index (χ2v) is 20.0. The molecule has 0 aromatic rings. The SMILES string of the molecule is CCCCCCCCCCCCCC(=O)O[C@H]1CC[C@@]2(C)[C@H](CC[C@]3(C)[C@@H]2CC=C2[C@H]4CC(C)(C)CC[C@]4(C)CC[C@]23C)C1(C)C. The summed E-state index contributed by atoms with van der Waals surface area (Å²) in [4.78, 5) is 13.1. The number of carbonyl (C=O) groups excluding carboxylic acids is 1. The summed E-state index contributed by atoms with van der Waals surface area (Å²) in [6.45, 7) is 23.0. The second-order valence-electron chi connectivity index (χ2n) is 20.0. The van der Waals surface area contributed by atoms with Gasteiger partial charge in [0.1, 0.15) is 6.10 Å². The highest BCUT2D eigenvalue weighted by Crippen LogP contribution is 2.75. The summed E-state index contributed by atoms with van der Waals surface area (Å²) in [5, 5.41) is 0. The molecule has 5 aliphatic rings. The van der Waals surface area contributed by atoms with Crippen molar-refractivity contribution in [1.29, 1.82) is 0 Å². The molecule has 0 aromatic carbocycles. The molecule has 0 spiro atoms. The topological polar surface area (TPSA) is 26.3 Å². The fraction of sp³-hybridized carbons (Fsp3) is 0.932. The van der Waals surface area contributed by atoms with Gasteiger partial charge >= 0.3 is 5.97 Å². The summed E-state index contributed by atoms with van der Waals surface area (Å²) in [6, 6.07) is 0. The summed E-state index contributed by atoms with van der Waals surface area (Å²) >= 11 is 0. The molecular formula is C44H76O2. The van der Waals surface area contributed by atoms with Crippen LogP contribution in [0.1, 0.15) is 204 Å².